The van der Waals surface area contributed by atoms with Gasteiger partial charge in [0.1, 0.15) is 0 Å². The maximum atomic E-state index is 12.9. The van der Waals surface area contributed by atoms with E-state index >= 15 is 0 Å². The highest BCUT2D eigenvalue weighted by Gasteiger charge is 2.33. The van der Waals surface area contributed by atoms with Crippen LogP contribution in [0.2, 0.25) is 5.02 Å². The van der Waals surface area contributed by atoms with E-state index in [-0.39, 0.29) is 10.1 Å². The number of amides is 2. The number of hydrogen-bond acceptors (Lipinski definition) is 7. The Hall–Kier alpha value is -3.66. The lowest BCUT2D eigenvalue weighted by atomic mass is 10.1. The van der Waals surface area contributed by atoms with Gasteiger partial charge in [-0.15, -0.1) is 0 Å². The second-order valence-electron chi connectivity index (χ2n) is 7.63. The van der Waals surface area contributed by atoms with Crippen molar-refractivity contribution in [1.29, 1.82) is 0 Å². The molecule has 0 aliphatic carbocycles. The zero-order valence-corrected chi connectivity index (χ0v) is 21.5. The van der Waals surface area contributed by atoms with Gasteiger partial charge in [0.15, 0.2) is 15.8 Å². The van der Waals surface area contributed by atoms with Crippen LogP contribution in [0.4, 0.5) is 0 Å². The van der Waals surface area contributed by atoms with Gasteiger partial charge in [-0.2, -0.15) is 5.01 Å². The van der Waals surface area contributed by atoms with Crippen LogP contribution in [0.1, 0.15) is 31.8 Å². The molecule has 1 N–H and O–H groups in total. The number of ether oxygens (including phenoxy) is 2. The number of carbonyl (C=O) groups excluding carboxylic acids is 3. The van der Waals surface area contributed by atoms with E-state index in [0.717, 1.165) is 22.3 Å². The van der Waals surface area contributed by atoms with Gasteiger partial charge < -0.3 is 9.47 Å². The molecule has 2 amide bonds. The Morgan fingerprint density at radius 2 is 1.67 bits per heavy atom. The fourth-order valence-electron chi connectivity index (χ4n) is 3.19. The molecule has 1 aliphatic heterocycles. The van der Waals surface area contributed by atoms with Crippen LogP contribution in [0.5, 0.6) is 11.5 Å². The van der Waals surface area contributed by atoms with Gasteiger partial charge in [-0.3, -0.25) is 15.0 Å². The predicted molar refractivity (Wildman–Crippen MR) is 143 cm³/mol. The third-order valence-electron chi connectivity index (χ3n) is 5.09. The van der Waals surface area contributed by atoms with Crippen molar-refractivity contribution in [3.63, 3.8) is 0 Å². The van der Waals surface area contributed by atoms with E-state index in [1.165, 1.54) is 7.11 Å². The Balaban J connectivity index is 1.49. The summed E-state index contributed by atoms with van der Waals surface area (Å²) < 4.78 is 11.0. The second-order valence-corrected chi connectivity index (χ2v) is 9.74. The number of thioether (sulfide) groups is 1. The fourth-order valence-corrected chi connectivity index (χ4v) is 4.49. The predicted octanol–water partition coefficient (Wildman–Crippen LogP) is 5.42. The highest BCUT2D eigenvalue weighted by Crippen LogP contribution is 2.34. The summed E-state index contributed by atoms with van der Waals surface area (Å²) >= 11 is 12.2. The maximum absolute atomic E-state index is 12.9. The monoisotopic (exact) mass is 538 g/mol. The molecule has 4 rings (SSSR count). The topological polar surface area (TPSA) is 84.9 Å². The van der Waals surface area contributed by atoms with Crippen LogP contribution in [-0.4, -0.2) is 34.2 Å². The molecule has 1 aliphatic rings. The second kappa shape index (κ2) is 10.9. The minimum atomic E-state index is -0.567. The third kappa shape index (κ3) is 5.76. The standard InChI is InChI=1S/C26H19ClN2O5S2/c1-15-3-6-17(7-4-15)23(30)28-29-24(31)22(36-26(29)35)14-16-5-12-20(21(13-16)33-2)34-25(32)18-8-10-19(27)11-9-18/h3-14H,1-2H3,(H,28,30)/b22-14+. The van der Waals surface area contributed by atoms with E-state index in [0.29, 0.717) is 32.4 Å². The summed E-state index contributed by atoms with van der Waals surface area (Å²) in [7, 11) is 1.44. The first-order chi connectivity index (χ1) is 17.2. The molecule has 10 heteroatoms. The smallest absolute Gasteiger partial charge is 0.343 e. The van der Waals surface area contributed by atoms with Crippen molar-refractivity contribution in [1.82, 2.24) is 10.4 Å². The quantitative estimate of drug-likeness (QED) is 0.194. The van der Waals surface area contributed by atoms with Gasteiger partial charge in [0, 0.05) is 10.6 Å². The number of halogens is 1. The SMILES string of the molecule is COc1cc(/C=C2/SC(=S)N(NC(=O)c3ccc(C)cc3)C2=O)ccc1OC(=O)c1ccc(Cl)cc1. The van der Waals surface area contributed by atoms with Gasteiger partial charge >= 0.3 is 5.97 Å². The molecule has 0 atom stereocenters. The lowest BCUT2D eigenvalue weighted by Crippen LogP contribution is -2.44. The lowest BCUT2D eigenvalue weighted by molar-refractivity contribution is -0.123. The Bertz CT molecular complexity index is 1390. The van der Waals surface area contributed by atoms with Crippen molar-refractivity contribution < 1.29 is 23.9 Å². The van der Waals surface area contributed by atoms with Gasteiger partial charge in [-0.1, -0.05) is 47.1 Å². The highest BCUT2D eigenvalue weighted by atomic mass is 35.5. The first-order valence-electron chi connectivity index (χ1n) is 10.6. The van der Waals surface area contributed by atoms with Gasteiger partial charge in [0.2, 0.25) is 0 Å². The molecule has 36 heavy (non-hydrogen) atoms. The Morgan fingerprint density at radius 3 is 2.33 bits per heavy atom. The molecule has 3 aromatic rings. The minimum absolute atomic E-state index is 0.201. The largest absolute Gasteiger partial charge is 0.493 e. The Morgan fingerprint density at radius 1 is 1.00 bits per heavy atom. The highest BCUT2D eigenvalue weighted by molar-refractivity contribution is 8.26. The molecule has 1 fully saturated rings. The van der Waals surface area contributed by atoms with Crippen LogP contribution in [0.25, 0.3) is 6.08 Å². The van der Waals surface area contributed by atoms with Crippen molar-refractivity contribution in [2.75, 3.05) is 7.11 Å². The van der Waals surface area contributed by atoms with Crippen LogP contribution in [0.15, 0.2) is 71.6 Å². The van der Waals surface area contributed by atoms with E-state index in [1.807, 2.05) is 19.1 Å². The molecule has 1 heterocycles. The number of nitrogens with one attached hydrogen (secondary N) is 1. The number of hydrogen-bond donors (Lipinski definition) is 1. The molecule has 0 spiro atoms. The molecular formula is C26H19ClN2O5S2. The molecule has 182 valence electrons. The molecule has 1 saturated heterocycles. The zero-order valence-electron chi connectivity index (χ0n) is 19.1. The first-order valence-corrected chi connectivity index (χ1v) is 12.2. The Kier molecular flexibility index (Phi) is 7.73. The summed E-state index contributed by atoms with van der Waals surface area (Å²) in [4.78, 5) is 38.2. The fraction of sp³-hybridized carbons (Fsp3) is 0.0769. The summed E-state index contributed by atoms with van der Waals surface area (Å²) in [5, 5.41) is 1.56. The first kappa shape index (κ1) is 25.4. The van der Waals surface area contributed by atoms with Crippen molar-refractivity contribution in [2.24, 2.45) is 0 Å². The summed E-state index contributed by atoms with van der Waals surface area (Å²) in [5.74, 6) is -0.951. The minimum Gasteiger partial charge on any atom is -0.493 e. The normalized spacial score (nSPS) is 14.2. The number of benzene rings is 3. The van der Waals surface area contributed by atoms with Crippen LogP contribution >= 0.6 is 35.6 Å². The number of rotatable bonds is 6. The molecular weight excluding hydrogens is 520 g/mol. The Labute approximate surface area is 222 Å². The van der Waals surface area contributed by atoms with E-state index in [2.05, 4.69) is 5.43 Å². The van der Waals surface area contributed by atoms with Crippen molar-refractivity contribution in [3.8, 4) is 11.5 Å². The number of carbonyl (C=O) groups is 3. The van der Waals surface area contributed by atoms with Gasteiger partial charge in [-0.25, -0.2) is 4.79 Å². The maximum Gasteiger partial charge on any atom is 0.343 e. The number of aryl methyl sites for hydroxylation is 1. The van der Waals surface area contributed by atoms with Gasteiger partial charge in [0.05, 0.1) is 17.6 Å². The summed E-state index contributed by atoms with van der Waals surface area (Å²) in [6.45, 7) is 1.92. The number of nitrogens with zero attached hydrogens (tertiary/aromatic N) is 1. The van der Waals surface area contributed by atoms with Crippen LogP contribution in [-0.2, 0) is 4.79 Å². The molecule has 0 saturated carbocycles. The van der Waals surface area contributed by atoms with Gasteiger partial charge in [-0.05, 0) is 79.3 Å². The van der Waals surface area contributed by atoms with E-state index in [1.54, 1.807) is 60.7 Å². The van der Waals surface area contributed by atoms with E-state index in [9.17, 15) is 14.4 Å². The lowest BCUT2D eigenvalue weighted by Gasteiger charge is -2.15. The van der Waals surface area contributed by atoms with E-state index in [4.69, 9.17) is 33.3 Å². The molecule has 7 nitrogen and oxygen atoms in total. The van der Waals surface area contributed by atoms with Crippen LogP contribution in [0, 0.1) is 6.92 Å². The average molecular weight is 539 g/mol. The zero-order chi connectivity index (χ0) is 25.8. The number of esters is 1. The third-order valence-corrected chi connectivity index (χ3v) is 6.64. The summed E-state index contributed by atoms with van der Waals surface area (Å²) in [6, 6.07) is 18.1. The molecule has 0 bridgehead atoms. The van der Waals surface area contributed by atoms with Crippen molar-refractivity contribution >= 4 is 63.8 Å². The van der Waals surface area contributed by atoms with Crippen LogP contribution < -0.4 is 14.9 Å². The number of hydrazine groups is 1. The molecule has 3 aromatic carbocycles. The summed E-state index contributed by atoms with van der Waals surface area (Å²) in [6.07, 6.45) is 1.62. The van der Waals surface area contributed by atoms with E-state index < -0.39 is 17.8 Å². The number of methoxy groups -OCH3 is 1. The van der Waals surface area contributed by atoms with Crippen molar-refractivity contribution in [2.45, 2.75) is 6.92 Å². The molecule has 0 aromatic heterocycles. The summed E-state index contributed by atoms with van der Waals surface area (Å²) in [5.41, 5.74) is 4.93. The molecule has 0 radical (unpaired) electrons. The van der Waals surface area contributed by atoms with Crippen LogP contribution in [0.3, 0.4) is 0 Å². The van der Waals surface area contributed by atoms with Gasteiger partial charge in [0.25, 0.3) is 11.8 Å². The van der Waals surface area contributed by atoms with Crippen molar-refractivity contribution in [3.05, 3.63) is 98.9 Å². The molecule has 0 unspecified atom stereocenters. The average Bonchev–Trinajstić information content (AvgIpc) is 3.12. The number of thiocarbonyl (C=S) groups is 1.